The van der Waals surface area contributed by atoms with Gasteiger partial charge in [-0.05, 0) is 90.0 Å². The molecule has 0 atom stereocenters. The second-order valence-electron chi connectivity index (χ2n) is 16.4. The number of aromatic nitrogens is 3. The topological polar surface area (TPSA) is 30.7 Å². The molecule has 0 spiro atoms. The highest BCUT2D eigenvalue weighted by Gasteiger charge is 2.26. The highest BCUT2D eigenvalue weighted by molar-refractivity contribution is 8.25. The molecule has 0 aliphatic heterocycles. The van der Waals surface area contributed by atoms with Crippen LogP contribution in [0.25, 0.3) is 94.1 Å². The quantitative estimate of drug-likeness (QED) is 0.113. The normalized spacial score (nSPS) is 11.8. The number of fused-ring (bicyclic) bond motifs is 5. The lowest BCUT2D eigenvalue weighted by atomic mass is 9.86. The molecule has 0 saturated carbocycles. The van der Waals surface area contributed by atoms with Gasteiger partial charge in [-0.25, -0.2) is 9.97 Å². The minimum Gasteiger partial charge on any atom is -0.278 e. The zero-order valence-corrected chi connectivity index (χ0v) is 37.0. The van der Waals surface area contributed by atoms with Gasteiger partial charge in [-0.2, -0.15) is 0 Å². The SMILES string of the molecule is S=P(c1ccccc1)(c1ccccc1)c1cccc(-c2c3ccccc3c(-c3ccc4c(c3)c3ccccc3n4-c3nc(-c4ccccc4)cc(-c4ccccc4)n3)c3ccccc23)c1. The minimum atomic E-state index is -2.38. The molecule has 0 amide bonds. The number of hydrogen-bond acceptors (Lipinski definition) is 3. The van der Waals surface area contributed by atoms with Crippen LogP contribution in [0.4, 0.5) is 0 Å². The maximum absolute atomic E-state index is 6.85. The Morgan fingerprint density at radius 2 is 0.708 bits per heavy atom. The predicted octanol–water partition coefficient (Wildman–Crippen LogP) is 14.3. The van der Waals surface area contributed by atoms with Crippen LogP contribution in [0, 0.1) is 0 Å². The molecule has 2 aromatic heterocycles. The van der Waals surface area contributed by atoms with Gasteiger partial charge in [0.15, 0.2) is 0 Å². The van der Waals surface area contributed by atoms with Crippen molar-refractivity contribution in [2.24, 2.45) is 0 Å². The summed E-state index contributed by atoms with van der Waals surface area (Å²) in [6, 6.07) is 84.2. The van der Waals surface area contributed by atoms with E-state index in [1.54, 1.807) is 0 Å². The monoisotopic (exact) mass is 865 g/mol. The summed E-state index contributed by atoms with van der Waals surface area (Å²) in [6.07, 6.45) is 0. The zero-order valence-electron chi connectivity index (χ0n) is 35.3. The molecule has 10 aromatic carbocycles. The molecule has 3 nitrogen and oxygen atoms in total. The van der Waals surface area contributed by atoms with Crippen LogP contribution in [-0.4, -0.2) is 14.5 Å². The first-order chi connectivity index (χ1) is 32.1. The Balaban J connectivity index is 1.06. The largest absolute Gasteiger partial charge is 0.278 e. The van der Waals surface area contributed by atoms with Gasteiger partial charge in [0.05, 0.1) is 22.4 Å². The lowest BCUT2D eigenvalue weighted by molar-refractivity contribution is 0.995. The first-order valence-electron chi connectivity index (χ1n) is 21.9. The van der Waals surface area contributed by atoms with Gasteiger partial charge in [-0.15, -0.1) is 0 Å². The van der Waals surface area contributed by atoms with Crippen LogP contribution < -0.4 is 15.9 Å². The van der Waals surface area contributed by atoms with Crippen molar-refractivity contribution in [3.8, 4) is 50.7 Å². The molecule has 0 saturated heterocycles. The van der Waals surface area contributed by atoms with Crippen molar-refractivity contribution in [3.05, 3.63) is 243 Å². The molecule has 0 aliphatic rings. The average Bonchev–Trinajstić information content (AvgIpc) is 3.72. The maximum Gasteiger partial charge on any atom is 0.235 e. The summed E-state index contributed by atoms with van der Waals surface area (Å²) >= 11 is 6.85. The molecule has 5 heteroatoms. The zero-order chi connectivity index (χ0) is 43.3. The standard InChI is InChI=1S/C60H40N3PS/c65-64(45-25-9-3-10-26-45,46-27-11-4-12-28-46)47-29-19-24-43(38-47)58-49-31-13-15-33-51(49)59(52-34-16-14-32-50(52)58)44-36-37-57-53(39-44)48-30-17-18-35-56(48)63(57)60-61-54(41-20-5-1-6-21-41)40-55(62-60)42-22-7-2-8-23-42/h1-40H. The Kier molecular flexibility index (Phi) is 9.64. The van der Waals surface area contributed by atoms with E-state index in [4.69, 9.17) is 21.8 Å². The summed E-state index contributed by atoms with van der Waals surface area (Å²) in [5.41, 5.74) is 10.7. The molecule has 0 aliphatic carbocycles. The summed E-state index contributed by atoms with van der Waals surface area (Å²) in [6.45, 7) is 0. The fourth-order valence-electron chi connectivity index (χ4n) is 9.72. The molecule has 0 fully saturated rings. The molecule has 12 aromatic rings. The number of rotatable bonds is 8. The van der Waals surface area contributed by atoms with E-state index < -0.39 is 6.04 Å². The molecule has 2 heterocycles. The Labute approximate surface area is 383 Å². The highest BCUT2D eigenvalue weighted by atomic mass is 32.4. The van der Waals surface area contributed by atoms with E-state index in [1.807, 2.05) is 12.1 Å². The molecule has 0 unspecified atom stereocenters. The maximum atomic E-state index is 6.85. The van der Waals surface area contributed by atoms with Gasteiger partial charge in [0.2, 0.25) is 5.95 Å². The molecular formula is C60H40N3PS. The summed E-state index contributed by atoms with van der Waals surface area (Å²) in [5, 5.41) is 10.6. The highest BCUT2D eigenvalue weighted by Crippen LogP contribution is 2.47. The fourth-order valence-corrected chi connectivity index (χ4v) is 13.5. The van der Waals surface area contributed by atoms with Crippen LogP contribution in [0.5, 0.6) is 0 Å². The third-order valence-corrected chi connectivity index (χ3v) is 17.6. The number of hydrogen-bond donors (Lipinski definition) is 0. The Bertz CT molecular complexity index is 3630. The Morgan fingerprint density at radius 3 is 1.23 bits per heavy atom. The van der Waals surface area contributed by atoms with Gasteiger partial charge in [0.25, 0.3) is 0 Å². The number of para-hydroxylation sites is 1. The first kappa shape index (κ1) is 38.9. The molecular weight excluding hydrogens is 826 g/mol. The van der Waals surface area contributed by atoms with E-state index in [1.165, 1.54) is 48.6 Å². The van der Waals surface area contributed by atoms with Crippen molar-refractivity contribution in [3.63, 3.8) is 0 Å². The molecule has 0 bridgehead atoms. The Morgan fingerprint density at radius 1 is 0.308 bits per heavy atom. The molecule has 65 heavy (non-hydrogen) atoms. The molecule has 0 N–H and O–H groups in total. The van der Waals surface area contributed by atoms with Gasteiger partial charge in [0.1, 0.15) is 0 Å². The van der Waals surface area contributed by atoms with E-state index in [-0.39, 0.29) is 0 Å². The van der Waals surface area contributed by atoms with Gasteiger partial charge >= 0.3 is 0 Å². The summed E-state index contributed by atoms with van der Waals surface area (Å²) in [7, 11) is 0. The van der Waals surface area contributed by atoms with Crippen LogP contribution in [0.3, 0.4) is 0 Å². The third kappa shape index (κ3) is 6.61. The van der Waals surface area contributed by atoms with E-state index in [0.717, 1.165) is 55.4 Å². The van der Waals surface area contributed by atoms with Crippen molar-refractivity contribution in [2.75, 3.05) is 0 Å². The van der Waals surface area contributed by atoms with Crippen molar-refractivity contribution >= 4 is 77.1 Å². The van der Waals surface area contributed by atoms with Crippen molar-refractivity contribution < 1.29 is 0 Å². The second kappa shape index (κ2) is 16.1. The average molecular weight is 866 g/mol. The third-order valence-electron chi connectivity index (χ3n) is 12.7. The summed E-state index contributed by atoms with van der Waals surface area (Å²) in [4.78, 5) is 10.6. The summed E-state index contributed by atoms with van der Waals surface area (Å²) in [5.74, 6) is 0.636. The van der Waals surface area contributed by atoms with E-state index >= 15 is 0 Å². The van der Waals surface area contributed by atoms with Crippen molar-refractivity contribution in [2.45, 2.75) is 0 Å². The predicted molar refractivity (Wildman–Crippen MR) is 279 cm³/mol. The summed E-state index contributed by atoms with van der Waals surface area (Å²) < 4.78 is 2.23. The van der Waals surface area contributed by atoms with Gasteiger partial charge in [-0.1, -0.05) is 224 Å². The molecule has 12 rings (SSSR count). The van der Waals surface area contributed by atoms with Gasteiger partial charge in [0, 0.05) is 27.9 Å². The van der Waals surface area contributed by atoms with Crippen LogP contribution in [-0.2, 0) is 11.8 Å². The Hall–Kier alpha value is -7.75. The second-order valence-corrected chi connectivity index (χ2v) is 20.8. The first-order valence-corrected chi connectivity index (χ1v) is 24.7. The van der Waals surface area contributed by atoms with E-state index in [0.29, 0.717) is 5.95 Å². The van der Waals surface area contributed by atoms with Crippen LogP contribution in [0.15, 0.2) is 243 Å². The smallest absolute Gasteiger partial charge is 0.235 e. The molecule has 0 radical (unpaired) electrons. The van der Waals surface area contributed by atoms with Crippen LogP contribution >= 0.6 is 6.04 Å². The number of benzene rings is 10. The van der Waals surface area contributed by atoms with Crippen molar-refractivity contribution in [1.29, 1.82) is 0 Å². The molecule has 306 valence electrons. The van der Waals surface area contributed by atoms with Crippen LogP contribution in [0.2, 0.25) is 0 Å². The van der Waals surface area contributed by atoms with Crippen LogP contribution in [0.1, 0.15) is 0 Å². The van der Waals surface area contributed by atoms with Gasteiger partial charge in [-0.3, -0.25) is 4.57 Å². The lowest BCUT2D eigenvalue weighted by Crippen LogP contribution is -2.24. The van der Waals surface area contributed by atoms with E-state index in [9.17, 15) is 0 Å². The van der Waals surface area contributed by atoms with Gasteiger partial charge < -0.3 is 0 Å². The number of nitrogens with zero attached hydrogens (tertiary/aromatic N) is 3. The van der Waals surface area contributed by atoms with E-state index in [2.05, 4.69) is 235 Å². The fraction of sp³-hybridized carbons (Fsp3) is 0. The van der Waals surface area contributed by atoms with Crippen molar-refractivity contribution in [1.82, 2.24) is 14.5 Å². The minimum absolute atomic E-state index is 0.636. The lowest BCUT2D eigenvalue weighted by Gasteiger charge is -2.25.